The summed E-state index contributed by atoms with van der Waals surface area (Å²) in [7, 11) is 1.84. The maximum absolute atomic E-state index is 12.0. The van der Waals surface area contributed by atoms with E-state index in [1.165, 1.54) is 25.7 Å². The van der Waals surface area contributed by atoms with Crippen LogP contribution in [-0.2, 0) is 9.53 Å². The quantitative estimate of drug-likeness (QED) is 0.480. The molecule has 22 heavy (non-hydrogen) atoms. The maximum atomic E-state index is 12.0. The van der Waals surface area contributed by atoms with Crippen LogP contribution < -0.4 is 5.32 Å². The minimum Gasteiger partial charge on any atom is -0.466 e. The Morgan fingerprint density at radius 1 is 1.36 bits per heavy atom. The van der Waals surface area contributed by atoms with Crippen molar-refractivity contribution >= 4 is 11.9 Å². The summed E-state index contributed by atoms with van der Waals surface area (Å²) in [6.07, 6.45) is 7.51. The van der Waals surface area contributed by atoms with Crippen LogP contribution in [0.15, 0.2) is 4.99 Å². The van der Waals surface area contributed by atoms with Crippen LogP contribution in [0.5, 0.6) is 0 Å². The third-order valence-electron chi connectivity index (χ3n) is 5.49. The average Bonchev–Trinajstić information content (AvgIpc) is 3.41. The third-order valence-corrected chi connectivity index (χ3v) is 5.49. The fraction of sp³-hybridized carbons (Fsp3) is 0.882. The molecule has 1 heterocycles. The molecule has 0 spiro atoms. The molecular weight excluding hydrogens is 278 g/mol. The van der Waals surface area contributed by atoms with Crippen molar-refractivity contribution in [3.05, 3.63) is 0 Å². The zero-order valence-corrected chi connectivity index (χ0v) is 13.9. The highest BCUT2D eigenvalue weighted by atomic mass is 16.5. The topological polar surface area (TPSA) is 53.9 Å². The Hall–Kier alpha value is -1.26. The number of hydrogen-bond donors (Lipinski definition) is 1. The van der Waals surface area contributed by atoms with Gasteiger partial charge in [0.2, 0.25) is 0 Å². The van der Waals surface area contributed by atoms with E-state index < -0.39 is 0 Å². The average molecular weight is 307 g/mol. The highest BCUT2D eigenvalue weighted by Gasteiger charge is 2.53. The number of carbonyl (C=O) groups is 1. The van der Waals surface area contributed by atoms with E-state index in [0.717, 1.165) is 44.4 Å². The molecule has 0 aromatic heterocycles. The van der Waals surface area contributed by atoms with Crippen LogP contribution in [-0.4, -0.2) is 50.1 Å². The van der Waals surface area contributed by atoms with Gasteiger partial charge in [0.25, 0.3) is 0 Å². The van der Waals surface area contributed by atoms with Crippen LogP contribution >= 0.6 is 0 Å². The summed E-state index contributed by atoms with van der Waals surface area (Å²) in [5.41, 5.74) is 0.562. The molecule has 1 saturated heterocycles. The van der Waals surface area contributed by atoms with Crippen LogP contribution in [0.4, 0.5) is 0 Å². The number of ether oxygens (including phenoxy) is 1. The summed E-state index contributed by atoms with van der Waals surface area (Å²) in [5, 5.41) is 3.58. The number of nitrogens with zero attached hydrogens (tertiary/aromatic N) is 2. The zero-order valence-electron chi connectivity index (χ0n) is 13.9. The lowest BCUT2D eigenvalue weighted by Gasteiger charge is -2.34. The fourth-order valence-corrected chi connectivity index (χ4v) is 3.80. The van der Waals surface area contributed by atoms with E-state index in [1.54, 1.807) is 0 Å². The second-order valence-electron chi connectivity index (χ2n) is 7.07. The molecule has 3 fully saturated rings. The molecule has 3 aliphatic rings. The molecule has 5 nitrogen and oxygen atoms in total. The van der Waals surface area contributed by atoms with Crippen molar-refractivity contribution in [2.75, 3.05) is 33.3 Å². The van der Waals surface area contributed by atoms with Gasteiger partial charge in [-0.2, -0.15) is 0 Å². The normalized spacial score (nSPS) is 27.5. The second-order valence-corrected chi connectivity index (χ2v) is 7.07. The Labute approximate surface area is 133 Å². The van der Waals surface area contributed by atoms with Gasteiger partial charge in [-0.3, -0.25) is 9.79 Å². The van der Waals surface area contributed by atoms with E-state index >= 15 is 0 Å². The number of likely N-dealkylation sites (tertiary alicyclic amines) is 1. The summed E-state index contributed by atoms with van der Waals surface area (Å²) in [6.45, 7) is 5.09. The van der Waals surface area contributed by atoms with Crippen LogP contribution in [0.2, 0.25) is 0 Å². The summed E-state index contributed by atoms with van der Waals surface area (Å²) < 4.78 is 5.18. The molecule has 0 aromatic carbocycles. The van der Waals surface area contributed by atoms with Gasteiger partial charge in [0, 0.05) is 26.7 Å². The monoisotopic (exact) mass is 307 g/mol. The minimum absolute atomic E-state index is 0.00873. The lowest BCUT2D eigenvalue weighted by molar-refractivity contribution is -0.149. The van der Waals surface area contributed by atoms with Gasteiger partial charge in [0.1, 0.15) is 0 Å². The van der Waals surface area contributed by atoms with Crippen molar-refractivity contribution in [3.63, 3.8) is 0 Å². The number of aliphatic imine (C=N–C) groups is 1. The lowest BCUT2D eigenvalue weighted by Crippen LogP contribution is -2.49. The highest BCUT2D eigenvalue weighted by Crippen LogP contribution is 2.60. The molecule has 0 bridgehead atoms. The maximum Gasteiger partial charge on any atom is 0.310 e. The van der Waals surface area contributed by atoms with Crippen LogP contribution in [0.1, 0.15) is 45.4 Å². The number of guanidine groups is 1. The molecule has 1 unspecified atom stereocenters. The SMILES string of the molecule is CCOC(=O)C1CCCN(C(=NC)NCC2(C3CC3)CC2)C1. The Morgan fingerprint density at radius 3 is 2.73 bits per heavy atom. The van der Waals surface area contributed by atoms with Gasteiger partial charge in [-0.25, -0.2) is 0 Å². The molecule has 1 N–H and O–H groups in total. The van der Waals surface area contributed by atoms with E-state index in [4.69, 9.17) is 4.74 Å². The molecule has 0 radical (unpaired) electrons. The molecule has 1 aliphatic heterocycles. The van der Waals surface area contributed by atoms with Crippen molar-refractivity contribution < 1.29 is 9.53 Å². The number of nitrogens with one attached hydrogen (secondary N) is 1. The fourth-order valence-electron chi connectivity index (χ4n) is 3.80. The van der Waals surface area contributed by atoms with Crippen molar-refractivity contribution in [2.45, 2.75) is 45.4 Å². The number of esters is 1. The van der Waals surface area contributed by atoms with E-state index in [-0.39, 0.29) is 11.9 Å². The lowest BCUT2D eigenvalue weighted by atomic mass is 9.98. The molecular formula is C17H29N3O2. The van der Waals surface area contributed by atoms with Gasteiger partial charge in [0.15, 0.2) is 5.96 Å². The minimum atomic E-state index is -0.0562. The predicted octanol–water partition coefficient (Wildman–Crippen LogP) is 2.03. The predicted molar refractivity (Wildman–Crippen MR) is 86.7 cm³/mol. The molecule has 5 heteroatoms. The first-order chi connectivity index (χ1) is 10.7. The van der Waals surface area contributed by atoms with Crippen molar-refractivity contribution in [1.29, 1.82) is 0 Å². The van der Waals surface area contributed by atoms with E-state index in [1.807, 2.05) is 14.0 Å². The smallest absolute Gasteiger partial charge is 0.310 e. The first kappa shape index (κ1) is 15.6. The van der Waals surface area contributed by atoms with Crippen LogP contribution in [0.25, 0.3) is 0 Å². The third kappa shape index (κ3) is 3.39. The van der Waals surface area contributed by atoms with Crippen LogP contribution in [0.3, 0.4) is 0 Å². The summed E-state index contributed by atoms with van der Waals surface area (Å²) >= 11 is 0. The van der Waals surface area contributed by atoms with E-state index in [9.17, 15) is 4.79 Å². The van der Waals surface area contributed by atoms with Gasteiger partial charge in [-0.15, -0.1) is 0 Å². The molecule has 1 atom stereocenters. The largest absolute Gasteiger partial charge is 0.466 e. The Balaban J connectivity index is 1.52. The summed E-state index contributed by atoms with van der Waals surface area (Å²) in [5.74, 6) is 1.84. The number of rotatable bonds is 5. The first-order valence-electron chi connectivity index (χ1n) is 8.81. The van der Waals surface area contributed by atoms with Gasteiger partial charge >= 0.3 is 5.97 Å². The molecule has 2 aliphatic carbocycles. The molecule has 3 rings (SSSR count). The Morgan fingerprint density at radius 2 is 2.14 bits per heavy atom. The first-order valence-corrected chi connectivity index (χ1v) is 8.81. The highest BCUT2D eigenvalue weighted by molar-refractivity contribution is 5.81. The Bertz CT molecular complexity index is 441. The zero-order chi connectivity index (χ0) is 15.6. The van der Waals surface area contributed by atoms with Gasteiger partial charge < -0.3 is 15.0 Å². The molecule has 2 saturated carbocycles. The van der Waals surface area contributed by atoms with Crippen molar-refractivity contribution in [2.24, 2.45) is 22.2 Å². The number of piperidine rings is 1. The Kier molecular flexibility index (Phi) is 4.59. The van der Waals surface area contributed by atoms with Gasteiger partial charge in [-0.1, -0.05) is 0 Å². The molecule has 0 amide bonds. The number of hydrogen-bond acceptors (Lipinski definition) is 3. The van der Waals surface area contributed by atoms with Crippen molar-refractivity contribution in [1.82, 2.24) is 10.2 Å². The summed E-state index contributed by atoms with van der Waals surface area (Å²) in [6, 6.07) is 0. The molecule has 0 aromatic rings. The molecule has 124 valence electrons. The van der Waals surface area contributed by atoms with Crippen LogP contribution in [0, 0.1) is 17.3 Å². The van der Waals surface area contributed by atoms with Crippen molar-refractivity contribution in [3.8, 4) is 0 Å². The number of carbonyl (C=O) groups excluding carboxylic acids is 1. The summed E-state index contributed by atoms with van der Waals surface area (Å²) in [4.78, 5) is 18.6. The van der Waals surface area contributed by atoms with E-state index in [2.05, 4.69) is 15.2 Å². The second kappa shape index (κ2) is 6.47. The van der Waals surface area contributed by atoms with E-state index in [0.29, 0.717) is 12.0 Å². The standard InChI is InChI=1S/C17H29N3O2/c1-3-22-15(21)13-5-4-10-20(11-13)16(18-2)19-12-17(8-9-17)14-6-7-14/h13-14H,3-12H2,1-2H3,(H,18,19). The van der Waals surface area contributed by atoms with Gasteiger partial charge in [0.05, 0.1) is 12.5 Å². The van der Waals surface area contributed by atoms with Gasteiger partial charge in [-0.05, 0) is 56.8 Å².